The fourth-order valence-corrected chi connectivity index (χ4v) is 5.10. The van der Waals surface area contributed by atoms with Crippen molar-refractivity contribution in [2.24, 2.45) is 0 Å². The summed E-state index contributed by atoms with van der Waals surface area (Å²) in [5.41, 5.74) is -0.0132. The Morgan fingerprint density at radius 2 is 2.00 bits per heavy atom. The number of halogens is 2. The summed E-state index contributed by atoms with van der Waals surface area (Å²) in [5, 5.41) is 2.59. The number of benzene rings is 1. The summed E-state index contributed by atoms with van der Waals surface area (Å²) in [5.74, 6) is 0.169. The molecule has 0 radical (unpaired) electrons. The van der Waals surface area contributed by atoms with Crippen molar-refractivity contribution in [2.75, 3.05) is 29.9 Å². The lowest BCUT2D eigenvalue weighted by Crippen LogP contribution is -2.37. The highest BCUT2D eigenvalue weighted by molar-refractivity contribution is 7.99. The maximum atomic E-state index is 13.7. The predicted molar refractivity (Wildman–Crippen MR) is 96.2 cm³/mol. The Bertz CT molecular complexity index is 895. The number of aromatic amines is 1. The molecule has 1 fully saturated rings. The first-order valence-electron chi connectivity index (χ1n) is 7.40. The Morgan fingerprint density at radius 1 is 1.28 bits per heavy atom. The second kappa shape index (κ2) is 7.36. The molecule has 2 heterocycles. The second-order valence-electron chi connectivity index (χ2n) is 5.34. The summed E-state index contributed by atoms with van der Waals surface area (Å²) in [7, 11) is -3.64. The van der Waals surface area contributed by atoms with Gasteiger partial charge in [0.2, 0.25) is 10.0 Å². The number of amides is 1. The van der Waals surface area contributed by atoms with Gasteiger partial charge in [-0.2, -0.15) is 16.1 Å². The van der Waals surface area contributed by atoms with Crippen LogP contribution in [0, 0.1) is 5.82 Å². The first-order chi connectivity index (χ1) is 11.9. The third kappa shape index (κ3) is 4.00. The molecule has 0 unspecified atom stereocenters. The van der Waals surface area contributed by atoms with Gasteiger partial charge in [0.25, 0.3) is 5.91 Å². The molecule has 0 saturated carbocycles. The van der Waals surface area contributed by atoms with Crippen LogP contribution >= 0.6 is 23.4 Å². The largest absolute Gasteiger partial charge is 0.356 e. The molecule has 0 spiro atoms. The van der Waals surface area contributed by atoms with Crippen LogP contribution < -0.4 is 5.32 Å². The van der Waals surface area contributed by atoms with Gasteiger partial charge < -0.3 is 10.3 Å². The number of thioether (sulfide) groups is 1. The highest BCUT2D eigenvalue weighted by atomic mass is 35.5. The number of sulfonamides is 1. The maximum absolute atomic E-state index is 13.7. The summed E-state index contributed by atoms with van der Waals surface area (Å²) >= 11 is 7.37. The first kappa shape index (κ1) is 18.2. The highest BCUT2D eigenvalue weighted by Gasteiger charge is 2.27. The summed E-state index contributed by atoms with van der Waals surface area (Å²) in [6, 6.07) is 5.11. The third-order valence-electron chi connectivity index (χ3n) is 3.69. The molecule has 1 aliphatic rings. The number of aromatic nitrogens is 1. The van der Waals surface area contributed by atoms with Crippen molar-refractivity contribution in [3.05, 3.63) is 47.0 Å². The Labute approximate surface area is 153 Å². The average molecular weight is 404 g/mol. The standard InChI is InChI=1S/C15H15ClFN3O3S2/c16-10-1-2-13(12(17)7-10)19-15(21)14-8-11(9-18-14)25(22,23)20-3-5-24-6-4-20/h1-2,7-9,18H,3-6H2,(H,19,21). The Morgan fingerprint density at radius 3 is 2.68 bits per heavy atom. The Kier molecular flexibility index (Phi) is 5.38. The number of hydrogen-bond acceptors (Lipinski definition) is 4. The Balaban J connectivity index is 1.77. The lowest BCUT2D eigenvalue weighted by molar-refractivity contribution is 0.102. The van der Waals surface area contributed by atoms with Gasteiger partial charge in [-0.1, -0.05) is 11.6 Å². The van der Waals surface area contributed by atoms with Crippen molar-refractivity contribution in [3.8, 4) is 0 Å². The zero-order valence-electron chi connectivity index (χ0n) is 13.0. The number of nitrogens with zero attached hydrogens (tertiary/aromatic N) is 1. The maximum Gasteiger partial charge on any atom is 0.272 e. The molecule has 1 aromatic carbocycles. The molecule has 0 atom stereocenters. The van der Waals surface area contributed by atoms with Crippen molar-refractivity contribution in [3.63, 3.8) is 0 Å². The molecule has 0 aliphatic carbocycles. The van der Waals surface area contributed by atoms with E-state index in [-0.39, 0.29) is 21.3 Å². The molecule has 0 bridgehead atoms. The highest BCUT2D eigenvalue weighted by Crippen LogP contribution is 2.22. The third-order valence-corrected chi connectivity index (χ3v) is 6.74. The number of nitrogens with one attached hydrogen (secondary N) is 2. The molecule has 134 valence electrons. The molecule has 2 N–H and O–H groups in total. The molecule has 1 saturated heterocycles. The molecule has 1 aromatic heterocycles. The molecule has 1 amide bonds. The van der Waals surface area contributed by atoms with Gasteiger partial charge in [-0.05, 0) is 24.3 Å². The lowest BCUT2D eigenvalue weighted by Gasteiger charge is -2.24. The fraction of sp³-hybridized carbons (Fsp3) is 0.267. The SMILES string of the molecule is O=C(Nc1ccc(Cl)cc1F)c1cc(S(=O)(=O)N2CCSCC2)c[nH]1. The zero-order valence-corrected chi connectivity index (χ0v) is 15.3. The van der Waals surface area contributed by atoms with Gasteiger partial charge in [0.1, 0.15) is 16.4 Å². The quantitative estimate of drug-likeness (QED) is 0.822. The normalized spacial score (nSPS) is 15.9. The molecule has 2 aromatic rings. The van der Waals surface area contributed by atoms with E-state index in [1.807, 2.05) is 0 Å². The van der Waals surface area contributed by atoms with E-state index < -0.39 is 21.7 Å². The minimum atomic E-state index is -3.64. The smallest absolute Gasteiger partial charge is 0.272 e. The summed E-state index contributed by atoms with van der Waals surface area (Å²) in [4.78, 5) is 14.9. The van der Waals surface area contributed by atoms with Crippen molar-refractivity contribution in [1.82, 2.24) is 9.29 Å². The van der Waals surface area contributed by atoms with Crippen LogP contribution in [0.15, 0.2) is 35.4 Å². The number of rotatable bonds is 4. The molecule has 6 nitrogen and oxygen atoms in total. The van der Waals surface area contributed by atoms with Crippen LogP contribution in [-0.4, -0.2) is 48.2 Å². The topological polar surface area (TPSA) is 82.3 Å². The van der Waals surface area contributed by atoms with Gasteiger partial charge in [0.05, 0.1) is 5.69 Å². The van der Waals surface area contributed by atoms with Crippen LogP contribution in [0.25, 0.3) is 0 Å². The second-order valence-corrected chi connectivity index (χ2v) is 8.94. The van der Waals surface area contributed by atoms with Gasteiger partial charge in [-0.25, -0.2) is 12.8 Å². The molecular weight excluding hydrogens is 389 g/mol. The first-order valence-corrected chi connectivity index (χ1v) is 10.4. The number of carbonyl (C=O) groups excluding carboxylic acids is 1. The van der Waals surface area contributed by atoms with Crippen molar-refractivity contribution >= 4 is 45.0 Å². The van der Waals surface area contributed by atoms with E-state index in [0.29, 0.717) is 13.1 Å². The van der Waals surface area contributed by atoms with E-state index in [1.165, 1.54) is 28.7 Å². The number of hydrogen-bond donors (Lipinski definition) is 2. The summed E-state index contributed by atoms with van der Waals surface area (Å²) < 4.78 is 40.3. The van der Waals surface area contributed by atoms with Crippen LogP contribution in [0.5, 0.6) is 0 Å². The van der Waals surface area contributed by atoms with Crippen molar-refractivity contribution in [2.45, 2.75) is 4.90 Å². The van der Waals surface area contributed by atoms with Crippen LogP contribution in [0.1, 0.15) is 10.5 Å². The van der Waals surface area contributed by atoms with E-state index in [9.17, 15) is 17.6 Å². The van der Waals surface area contributed by atoms with Gasteiger partial charge in [-0.15, -0.1) is 0 Å². The molecule has 1 aliphatic heterocycles. The number of anilines is 1. The zero-order chi connectivity index (χ0) is 18.0. The van der Waals surface area contributed by atoms with E-state index in [0.717, 1.165) is 17.6 Å². The van der Waals surface area contributed by atoms with Crippen LogP contribution in [0.3, 0.4) is 0 Å². The summed E-state index contributed by atoms with van der Waals surface area (Å²) in [6.45, 7) is 0.880. The van der Waals surface area contributed by atoms with Gasteiger partial charge in [0.15, 0.2) is 0 Å². The lowest BCUT2D eigenvalue weighted by atomic mass is 10.3. The van der Waals surface area contributed by atoms with E-state index in [4.69, 9.17) is 11.6 Å². The van der Waals surface area contributed by atoms with Crippen molar-refractivity contribution < 1.29 is 17.6 Å². The minimum absolute atomic E-state index is 0.0149. The van der Waals surface area contributed by atoms with E-state index in [1.54, 1.807) is 11.8 Å². The predicted octanol–water partition coefficient (Wildman–Crippen LogP) is 2.80. The monoisotopic (exact) mass is 403 g/mol. The van der Waals surface area contributed by atoms with Crippen LogP contribution in [0.2, 0.25) is 5.02 Å². The van der Waals surface area contributed by atoms with Gasteiger partial charge >= 0.3 is 0 Å². The van der Waals surface area contributed by atoms with Crippen molar-refractivity contribution in [1.29, 1.82) is 0 Å². The number of H-pyrrole nitrogens is 1. The summed E-state index contributed by atoms with van der Waals surface area (Å²) in [6.07, 6.45) is 1.27. The molecule has 3 rings (SSSR count). The Hall–Kier alpha value is -1.55. The number of carbonyl (C=O) groups is 1. The molecule has 25 heavy (non-hydrogen) atoms. The average Bonchev–Trinajstić information content (AvgIpc) is 3.09. The fourth-order valence-electron chi connectivity index (χ4n) is 2.37. The molecule has 10 heteroatoms. The van der Waals surface area contributed by atoms with Crippen LogP contribution in [-0.2, 0) is 10.0 Å². The van der Waals surface area contributed by atoms with Crippen LogP contribution in [0.4, 0.5) is 10.1 Å². The van der Waals surface area contributed by atoms with E-state index >= 15 is 0 Å². The minimum Gasteiger partial charge on any atom is -0.356 e. The molecular formula is C15H15ClFN3O3S2. The van der Waals surface area contributed by atoms with Gasteiger partial charge in [-0.3, -0.25) is 4.79 Å². The van der Waals surface area contributed by atoms with E-state index in [2.05, 4.69) is 10.3 Å². The van der Waals surface area contributed by atoms with Gasteiger partial charge in [0, 0.05) is 35.8 Å².